The van der Waals surface area contributed by atoms with E-state index in [0.717, 1.165) is 24.3 Å². The van der Waals surface area contributed by atoms with Gasteiger partial charge in [0.05, 0.1) is 28.7 Å². The van der Waals surface area contributed by atoms with Gasteiger partial charge in [-0.15, -0.1) is 0 Å². The maximum absolute atomic E-state index is 14.8. The van der Waals surface area contributed by atoms with Crippen molar-refractivity contribution in [3.63, 3.8) is 0 Å². The minimum atomic E-state index is -2.81. The first kappa shape index (κ1) is 19.6. The van der Waals surface area contributed by atoms with Crippen LogP contribution in [0, 0.1) is 11.6 Å². The van der Waals surface area contributed by atoms with Gasteiger partial charge >= 0.3 is 0 Å². The van der Waals surface area contributed by atoms with Gasteiger partial charge < -0.3 is 20.7 Å². The highest BCUT2D eigenvalue weighted by Crippen LogP contribution is 2.33. The van der Waals surface area contributed by atoms with Crippen molar-refractivity contribution in [2.45, 2.75) is 0 Å². The molecule has 0 aliphatic carbocycles. The summed E-state index contributed by atoms with van der Waals surface area (Å²) in [4.78, 5) is 20.4. The molecule has 0 saturated carbocycles. The molecule has 0 aliphatic heterocycles. The molecule has 11 heteroatoms. The Labute approximate surface area is 203 Å². The number of carbonyl (C=O) groups excluding carboxylic acids is 1. The first-order valence-corrected chi connectivity index (χ1v) is 10.1. The average molecular weight is 480 g/mol. The molecule has 0 saturated heterocycles. The fraction of sp³-hybridized carbons (Fsp3) is 0.0833. The van der Waals surface area contributed by atoms with Crippen LogP contribution in [0.3, 0.4) is 0 Å². The standard InChI is InChI=1S/C24H21F2N7O2/c1-4-22(34)29-16-5-6-20(26)21(10-16)31-23-19(14-7-15(25)9-18(8-14)35-3)12-27-24(32-23)30-17-11-28-33(2)13-17/h4-13H,1H2,2-3H3,(H,29,34)(H2,27,30,31,32)/i3D3. The molecule has 35 heavy (non-hydrogen) atoms. The molecule has 0 atom stereocenters. The molecule has 0 aliphatic rings. The van der Waals surface area contributed by atoms with Gasteiger partial charge in [0.15, 0.2) is 0 Å². The second-order valence-electron chi connectivity index (χ2n) is 7.27. The lowest BCUT2D eigenvalue weighted by Gasteiger charge is -2.15. The molecule has 178 valence electrons. The van der Waals surface area contributed by atoms with Crippen LogP contribution in [0.5, 0.6) is 5.75 Å². The van der Waals surface area contributed by atoms with Gasteiger partial charge in [-0.3, -0.25) is 9.48 Å². The Bertz CT molecular complexity index is 1510. The Morgan fingerprint density at radius 3 is 2.77 bits per heavy atom. The van der Waals surface area contributed by atoms with Gasteiger partial charge in [-0.2, -0.15) is 10.1 Å². The van der Waals surface area contributed by atoms with E-state index in [1.165, 1.54) is 24.4 Å². The highest BCUT2D eigenvalue weighted by Gasteiger charge is 2.15. The summed E-state index contributed by atoms with van der Waals surface area (Å²) in [5, 5.41) is 12.4. The summed E-state index contributed by atoms with van der Waals surface area (Å²) in [6.07, 6.45) is 5.64. The summed E-state index contributed by atoms with van der Waals surface area (Å²) < 4.78 is 57.5. The zero-order valence-electron chi connectivity index (χ0n) is 21.3. The SMILES string of the molecule is [2H]C([2H])([2H])Oc1cc(F)cc(-c2cnc(Nc3cnn(C)c3)nc2Nc2cc(NC(=O)C=C)ccc2F)c1. The van der Waals surface area contributed by atoms with Crippen molar-refractivity contribution in [2.24, 2.45) is 7.05 Å². The largest absolute Gasteiger partial charge is 0.497 e. The number of anilines is 5. The van der Waals surface area contributed by atoms with E-state index < -0.39 is 24.6 Å². The number of nitrogens with zero attached hydrogens (tertiary/aromatic N) is 4. The first-order chi connectivity index (χ1) is 18.0. The van der Waals surface area contributed by atoms with Crippen molar-refractivity contribution >= 4 is 34.7 Å². The maximum Gasteiger partial charge on any atom is 0.247 e. The van der Waals surface area contributed by atoms with Crippen LogP contribution < -0.4 is 20.7 Å². The fourth-order valence-electron chi connectivity index (χ4n) is 3.16. The van der Waals surface area contributed by atoms with E-state index in [4.69, 9.17) is 8.85 Å². The zero-order valence-corrected chi connectivity index (χ0v) is 18.3. The predicted octanol–water partition coefficient (Wildman–Crippen LogP) is 4.78. The van der Waals surface area contributed by atoms with Crippen molar-refractivity contribution < 1.29 is 22.4 Å². The second kappa shape index (κ2) is 10.00. The summed E-state index contributed by atoms with van der Waals surface area (Å²) in [7, 11) is -1.08. The Kier molecular flexibility index (Phi) is 5.61. The number of nitrogens with one attached hydrogen (secondary N) is 3. The summed E-state index contributed by atoms with van der Waals surface area (Å²) in [5.74, 6) is -2.03. The molecule has 0 spiro atoms. The van der Waals surface area contributed by atoms with Crippen molar-refractivity contribution in [3.8, 4) is 16.9 Å². The first-order valence-electron chi connectivity index (χ1n) is 11.6. The number of halogens is 2. The number of amides is 1. The third-order valence-corrected chi connectivity index (χ3v) is 4.72. The summed E-state index contributed by atoms with van der Waals surface area (Å²) in [5.41, 5.74) is 1.16. The Morgan fingerprint density at radius 2 is 2.03 bits per heavy atom. The number of methoxy groups -OCH3 is 1. The van der Waals surface area contributed by atoms with Crippen molar-refractivity contribution in [3.05, 3.63) is 79.3 Å². The number of ether oxygens (including phenoxy) is 1. The highest BCUT2D eigenvalue weighted by atomic mass is 19.1. The number of benzene rings is 2. The van der Waals surface area contributed by atoms with Gasteiger partial charge in [-0.25, -0.2) is 13.8 Å². The number of rotatable bonds is 8. The highest BCUT2D eigenvalue weighted by molar-refractivity contribution is 5.99. The van der Waals surface area contributed by atoms with Crippen LogP contribution >= 0.6 is 0 Å². The van der Waals surface area contributed by atoms with E-state index in [9.17, 15) is 13.6 Å². The quantitative estimate of drug-likeness (QED) is 0.312. The van der Waals surface area contributed by atoms with Gasteiger partial charge in [0.25, 0.3) is 0 Å². The number of aryl methyl sites for hydroxylation is 1. The summed E-state index contributed by atoms with van der Waals surface area (Å²) >= 11 is 0. The Morgan fingerprint density at radius 1 is 1.17 bits per heavy atom. The molecule has 2 aromatic carbocycles. The lowest BCUT2D eigenvalue weighted by Crippen LogP contribution is -2.08. The monoisotopic (exact) mass is 480 g/mol. The Balaban J connectivity index is 1.78. The van der Waals surface area contributed by atoms with Crippen LogP contribution in [0.1, 0.15) is 4.11 Å². The van der Waals surface area contributed by atoms with Crippen LogP contribution in [-0.2, 0) is 11.8 Å². The molecule has 1 amide bonds. The lowest BCUT2D eigenvalue weighted by atomic mass is 10.1. The van der Waals surface area contributed by atoms with E-state index in [1.807, 2.05) is 0 Å². The van der Waals surface area contributed by atoms with Crippen molar-refractivity contribution in [1.82, 2.24) is 19.7 Å². The molecule has 0 radical (unpaired) electrons. The third kappa shape index (κ3) is 5.58. The van der Waals surface area contributed by atoms with Gasteiger partial charge in [0.2, 0.25) is 11.9 Å². The summed E-state index contributed by atoms with van der Waals surface area (Å²) in [6, 6.07) is 7.19. The van der Waals surface area contributed by atoms with E-state index in [1.54, 1.807) is 24.1 Å². The average Bonchev–Trinajstić information content (AvgIpc) is 3.24. The minimum Gasteiger partial charge on any atom is -0.497 e. The van der Waals surface area contributed by atoms with E-state index in [0.29, 0.717) is 5.69 Å². The van der Waals surface area contributed by atoms with Crippen LogP contribution in [0.25, 0.3) is 11.1 Å². The maximum atomic E-state index is 14.8. The number of hydrogen-bond acceptors (Lipinski definition) is 7. The molecule has 9 nitrogen and oxygen atoms in total. The molecule has 4 rings (SSSR count). The lowest BCUT2D eigenvalue weighted by molar-refractivity contribution is -0.111. The van der Waals surface area contributed by atoms with Crippen molar-refractivity contribution in [2.75, 3.05) is 23.0 Å². The fourth-order valence-corrected chi connectivity index (χ4v) is 3.16. The molecular weight excluding hydrogens is 456 g/mol. The van der Waals surface area contributed by atoms with Crippen LogP contribution in [-0.4, -0.2) is 32.7 Å². The molecule has 0 bridgehead atoms. The van der Waals surface area contributed by atoms with Gasteiger partial charge in [-0.1, -0.05) is 6.58 Å². The number of hydrogen-bond donors (Lipinski definition) is 3. The molecule has 0 fully saturated rings. The molecule has 2 heterocycles. The number of aromatic nitrogens is 4. The van der Waals surface area contributed by atoms with E-state index >= 15 is 0 Å². The second-order valence-corrected chi connectivity index (χ2v) is 7.27. The topological polar surface area (TPSA) is 106 Å². The van der Waals surface area contributed by atoms with E-state index in [-0.39, 0.29) is 40.0 Å². The molecule has 0 unspecified atom stereocenters. The van der Waals surface area contributed by atoms with Gasteiger partial charge in [-0.05, 0) is 42.0 Å². The summed E-state index contributed by atoms with van der Waals surface area (Å²) in [6.45, 7) is 3.38. The van der Waals surface area contributed by atoms with Crippen LogP contribution in [0.15, 0.2) is 67.6 Å². The van der Waals surface area contributed by atoms with Crippen molar-refractivity contribution in [1.29, 1.82) is 0 Å². The van der Waals surface area contributed by atoms with Gasteiger partial charge in [0.1, 0.15) is 23.2 Å². The smallest absolute Gasteiger partial charge is 0.247 e. The van der Waals surface area contributed by atoms with Crippen LogP contribution in [0.4, 0.5) is 37.6 Å². The van der Waals surface area contributed by atoms with Crippen LogP contribution in [0.2, 0.25) is 0 Å². The zero-order chi connectivity index (χ0) is 27.4. The molecule has 3 N–H and O–H groups in total. The van der Waals surface area contributed by atoms with E-state index in [2.05, 4.69) is 37.6 Å². The molecule has 4 aromatic rings. The Hall–Kier alpha value is -4.80. The van der Waals surface area contributed by atoms with Gasteiger partial charge in [0, 0.05) is 36.8 Å². The number of carbonyl (C=O) groups is 1. The predicted molar refractivity (Wildman–Crippen MR) is 129 cm³/mol. The molecule has 2 aromatic heterocycles. The minimum absolute atomic E-state index is 0.0444. The molecular formula is C24H21F2N7O2. The normalized spacial score (nSPS) is 12.1. The third-order valence-electron chi connectivity index (χ3n) is 4.72.